The summed E-state index contributed by atoms with van der Waals surface area (Å²) in [6, 6.07) is 6.16. The topological polar surface area (TPSA) is 99.6 Å². The van der Waals surface area contributed by atoms with E-state index in [4.69, 9.17) is 9.47 Å². The van der Waals surface area contributed by atoms with Crippen molar-refractivity contribution in [2.75, 3.05) is 42.6 Å². The lowest BCUT2D eigenvalue weighted by molar-refractivity contribution is -0.162. The molecule has 1 spiro atoms. The van der Waals surface area contributed by atoms with Crippen molar-refractivity contribution in [3.63, 3.8) is 0 Å². The fourth-order valence-corrected chi connectivity index (χ4v) is 7.56. The molecule has 41 heavy (non-hydrogen) atoms. The molecule has 2 bridgehead atoms. The molecule has 3 aliphatic heterocycles. The fraction of sp³-hybridized carbons (Fsp3) is 0.656. The number of carbonyl (C=O) groups is 3. The quantitative estimate of drug-likeness (QED) is 0.303. The molecule has 1 aromatic rings. The lowest BCUT2D eigenvalue weighted by Gasteiger charge is -2.40. The summed E-state index contributed by atoms with van der Waals surface area (Å²) in [6.07, 6.45) is 2.11. The monoisotopic (exact) mass is 569 g/mol. The first-order valence-corrected chi connectivity index (χ1v) is 15.0. The number of likely N-dealkylation sites (tertiary alicyclic amines) is 1. The summed E-state index contributed by atoms with van der Waals surface area (Å²) in [5.41, 5.74) is -0.434. The molecule has 0 saturated carbocycles. The molecule has 0 aromatic heterocycles. The highest BCUT2D eigenvalue weighted by Crippen LogP contribution is 2.66. The SMILES string of the molecule is C=CCN(C(=O)C1N([C@@H](CO)C(C)C)C(=O)[C@@H]2[C@@H](C(=O)OCC)[C@]3(C)OC12CC3C)c1ccc(N(CC)CC)cc1. The van der Waals surface area contributed by atoms with Crippen molar-refractivity contribution in [1.82, 2.24) is 4.90 Å². The van der Waals surface area contributed by atoms with Gasteiger partial charge in [0.1, 0.15) is 17.6 Å². The van der Waals surface area contributed by atoms with Crippen LogP contribution in [0.3, 0.4) is 0 Å². The number of hydrogen-bond acceptors (Lipinski definition) is 7. The molecule has 4 rings (SSSR count). The highest BCUT2D eigenvalue weighted by atomic mass is 16.6. The highest BCUT2D eigenvalue weighted by Gasteiger charge is 2.80. The minimum absolute atomic E-state index is 0.0935. The number of aliphatic hydroxyl groups excluding tert-OH is 1. The van der Waals surface area contributed by atoms with Gasteiger partial charge in [-0.1, -0.05) is 26.8 Å². The predicted molar refractivity (Wildman–Crippen MR) is 159 cm³/mol. The Kier molecular flexibility index (Phi) is 8.90. The number of amides is 2. The second-order valence-corrected chi connectivity index (χ2v) is 12.1. The van der Waals surface area contributed by atoms with Crippen LogP contribution in [0.25, 0.3) is 0 Å². The van der Waals surface area contributed by atoms with Crippen molar-refractivity contribution in [3.05, 3.63) is 36.9 Å². The Hall–Kier alpha value is -2.91. The minimum atomic E-state index is -1.22. The summed E-state index contributed by atoms with van der Waals surface area (Å²) in [7, 11) is 0. The zero-order valence-corrected chi connectivity index (χ0v) is 25.6. The molecule has 1 aromatic carbocycles. The maximum absolute atomic E-state index is 14.8. The van der Waals surface area contributed by atoms with E-state index in [0.717, 1.165) is 18.8 Å². The van der Waals surface area contributed by atoms with Crippen LogP contribution in [0.4, 0.5) is 11.4 Å². The van der Waals surface area contributed by atoms with E-state index < -0.39 is 41.1 Å². The van der Waals surface area contributed by atoms with E-state index in [1.807, 2.05) is 52.0 Å². The van der Waals surface area contributed by atoms with Gasteiger partial charge in [0.2, 0.25) is 5.91 Å². The van der Waals surface area contributed by atoms with Gasteiger partial charge in [-0.3, -0.25) is 14.4 Å². The van der Waals surface area contributed by atoms with Crippen LogP contribution in [0.5, 0.6) is 0 Å². The van der Waals surface area contributed by atoms with Crippen LogP contribution in [0.2, 0.25) is 0 Å². The van der Waals surface area contributed by atoms with Crippen molar-refractivity contribution in [3.8, 4) is 0 Å². The number of fused-ring (bicyclic) bond motifs is 1. The van der Waals surface area contributed by atoms with Crippen molar-refractivity contribution < 1.29 is 29.0 Å². The van der Waals surface area contributed by atoms with Crippen molar-refractivity contribution in [2.45, 2.75) is 78.2 Å². The molecule has 0 radical (unpaired) electrons. The first kappa shape index (κ1) is 31.0. The van der Waals surface area contributed by atoms with Crippen LogP contribution in [0.15, 0.2) is 36.9 Å². The normalized spacial score (nSPS) is 30.9. The Bertz CT molecular complexity index is 1150. The van der Waals surface area contributed by atoms with Crippen molar-refractivity contribution in [1.29, 1.82) is 0 Å². The third kappa shape index (κ3) is 4.75. The third-order valence-electron chi connectivity index (χ3n) is 9.71. The summed E-state index contributed by atoms with van der Waals surface area (Å²) in [4.78, 5) is 48.0. The van der Waals surface area contributed by atoms with Crippen LogP contribution in [-0.2, 0) is 23.9 Å². The van der Waals surface area contributed by atoms with E-state index in [1.54, 1.807) is 17.9 Å². The number of rotatable bonds is 12. The van der Waals surface area contributed by atoms with Gasteiger partial charge in [0.25, 0.3) is 5.91 Å². The van der Waals surface area contributed by atoms with Crippen molar-refractivity contribution in [2.24, 2.45) is 23.7 Å². The first-order chi connectivity index (χ1) is 19.5. The van der Waals surface area contributed by atoms with E-state index in [1.165, 1.54) is 4.90 Å². The summed E-state index contributed by atoms with van der Waals surface area (Å²) in [6.45, 7) is 19.4. The molecule has 2 amide bonds. The number of nitrogens with zero attached hydrogens (tertiary/aromatic N) is 3. The summed E-state index contributed by atoms with van der Waals surface area (Å²) in [5.74, 6) is -3.07. The molecule has 9 nitrogen and oxygen atoms in total. The average Bonchev–Trinajstić information content (AvgIpc) is 3.45. The summed E-state index contributed by atoms with van der Waals surface area (Å²) < 4.78 is 12.3. The number of anilines is 2. The fourth-order valence-electron chi connectivity index (χ4n) is 7.56. The van der Waals surface area contributed by atoms with Gasteiger partial charge in [0.05, 0.1) is 30.8 Å². The number of hydrogen-bond donors (Lipinski definition) is 1. The largest absolute Gasteiger partial charge is 0.466 e. The van der Waals surface area contributed by atoms with Crippen LogP contribution in [-0.4, -0.2) is 83.9 Å². The Balaban J connectivity index is 1.84. The van der Waals surface area contributed by atoms with Gasteiger partial charge < -0.3 is 29.3 Å². The molecule has 3 fully saturated rings. The molecule has 7 atom stereocenters. The molecule has 3 saturated heterocycles. The molecule has 3 heterocycles. The Labute approximate surface area is 244 Å². The average molecular weight is 570 g/mol. The van der Waals surface area contributed by atoms with Gasteiger partial charge in [0, 0.05) is 31.0 Å². The van der Waals surface area contributed by atoms with Crippen LogP contribution in [0.1, 0.15) is 54.9 Å². The number of carbonyl (C=O) groups excluding carboxylic acids is 3. The van der Waals surface area contributed by atoms with Gasteiger partial charge >= 0.3 is 5.97 Å². The van der Waals surface area contributed by atoms with E-state index in [-0.39, 0.29) is 43.4 Å². The van der Waals surface area contributed by atoms with Crippen LogP contribution in [0, 0.1) is 23.7 Å². The molecule has 226 valence electrons. The molecule has 9 heteroatoms. The van der Waals surface area contributed by atoms with Crippen LogP contribution < -0.4 is 9.80 Å². The zero-order valence-electron chi connectivity index (χ0n) is 25.6. The van der Waals surface area contributed by atoms with Gasteiger partial charge in [-0.2, -0.15) is 0 Å². The smallest absolute Gasteiger partial charge is 0.312 e. The number of esters is 1. The second kappa shape index (κ2) is 11.8. The second-order valence-electron chi connectivity index (χ2n) is 12.1. The Morgan fingerprint density at radius 1 is 1.20 bits per heavy atom. The van der Waals surface area contributed by atoms with Gasteiger partial charge in [0.15, 0.2) is 0 Å². The molecule has 3 unspecified atom stereocenters. The van der Waals surface area contributed by atoms with Gasteiger partial charge in [-0.25, -0.2) is 0 Å². The summed E-state index contributed by atoms with van der Waals surface area (Å²) >= 11 is 0. The van der Waals surface area contributed by atoms with E-state index in [0.29, 0.717) is 12.1 Å². The number of aliphatic hydroxyl groups is 1. The summed E-state index contributed by atoms with van der Waals surface area (Å²) in [5, 5.41) is 10.5. The molecule has 3 aliphatic rings. The van der Waals surface area contributed by atoms with Crippen molar-refractivity contribution >= 4 is 29.2 Å². The standard InChI is InChI=1S/C32H47N3O6/c1-9-17-34(23-15-13-22(14-16-23)33(10-2)11-3)29(38)27-32-18-21(7)31(8,41-32)26(30(39)40-12-4)25(32)28(37)35(27)24(19-36)20(5)6/h9,13-16,20-21,24-27,36H,1,10-12,17-19H2,2-8H3/t21?,24-,25-,26-,27?,31+,32?/m0/s1. The molecule has 0 aliphatic carbocycles. The van der Waals surface area contributed by atoms with E-state index >= 15 is 0 Å². The minimum Gasteiger partial charge on any atom is -0.466 e. The van der Waals surface area contributed by atoms with Gasteiger partial charge in [-0.05, 0) is 70.2 Å². The number of ether oxygens (including phenoxy) is 2. The molecule has 1 N–H and O–H groups in total. The lowest BCUT2D eigenvalue weighted by atomic mass is 9.62. The zero-order chi connectivity index (χ0) is 30.3. The van der Waals surface area contributed by atoms with E-state index in [9.17, 15) is 19.5 Å². The Morgan fingerprint density at radius 3 is 2.32 bits per heavy atom. The van der Waals surface area contributed by atoms with Gasteiger partial charge in [-0.15, -0.1) is 6.58 Å². The lowest BCUT2D eigenvalue weighted by Crippen LogP contribution is -2.60. The molecular weight excluding hydrogens is 522 g/mol. The van der Waals surface area contributed by atoms with Crippen LogP contribution >= 0.6 is 0 Å². The predicted octanol–water partition coefficient (Wildman–Crippen LogP) is 3.64. The molecular formula is C32H47N3O6. The first-order valence-electron chi connectivity index (χ1n) is 15.0. The third-order valence-corrected chi connectivity index (χ3v) is 9.71. The number of benzene rings is 1. The Morgan fingerprint density at radius 2 is 1.80 bits per heavy atom. The maximum Gasteiger partial charge on any atom is 0.312 e. The maximum atomic E-state index is 14.8. The highest BCUT2D eigenvalue weighted by molar-refractivity contribution is 6.05. The van der Waals surface area contributed by atoms with E-state index in [2.05, 4.69) is 25.3 Å².